The van der Waals surface area contributed by atoms with Crippen molar-refractivity contribution in [2.24, 2.45) is 0 Å². The minimum absolute atomic E-state index is 0.0369. The summed E-state index contributed by atoms with van der Waals surface area (Å²) in [5.41, 5.74) is 6.46. The topological polar surface area (TPSA) is 57.2 Å². The summed E-state index contributed by atoms with van der Waals surface area (Å²) in [6, 6.07) is 1.65. The number of hydrogen-bond acceptors (Lipinski definition) is 3. The Hall–Kier alpha value is -0.810. The van der Waals surface area contributed by atoms with Gasteiger partial charge in [0.05, 0.1) is 22.7 Å². The Morgan fingerprint density at radius 3 is 2.89 bits per heavy atom. The van der Waals surface area contributed by atoms with E-state index < -0.39 is 0 Å². The van der Waals surface area contributed by atoms with Gasteiger partial charge in [0.2, 0.25) is 0 Å². The van der Waals surface area contributed by atoms with Crippen LogP contribution in [-0.2, 0) is 11.3 Å². The van der Waals surface area contributed by atoms with E-state index in [1.807, 2.05) is 0 Å². The molecule has 3 rings (SSSR count). The monoisotopic (exact) mass is 326 g/mol. The number of ether oxygens (including phenoxy) is 1. The fourth-order valence-electron chi connectivity index (χ4n) is 3.39. The summed E-state index contributed by atoms with van der Waals surface area (Å²) in [5, 5.41) is 0. The maximum Gasteiger partial charge on any atom is 0.265 e. The van der Waals surface area contributed by atoms with E-state index in [-0.39, 0.29) is 17.3 Å². The minimum atomic E-state index is -0.0369. The van der Waals surface area contributed by atoms with E-state index in [1.165, 1.54) is 25.7 Å². The predicted molar refractivity (Wildman–Crippen MR) is 78.1 cm³/mol. The lowest BCUT2D eigenvalue weighted by Crippen LogP contribution is -2.30. The van der Waals surface area contributed by atoms with Crippen LogP contribution in [-0.4, -0.2) is 16.3 Å². The summed E-state index contributed by atoms with van der Waals surface area (Å²) in [4.78, 5) is 12.0. The highest BCUT2D eigenvalue weighted by atomic mass is 79.9. The molecular formula is C14H19BrN2O2. The molecule has 4 nitrogen and oxygen atoms in total. The van der Waals surface area contributed by atoms with E-state index in [2.05, 4.69) is 15.9 Å². The van der Waals surface area contributed by atoms with Crippen molar-refractivity contribution in [3.05, 3.63) is 27.1 Å². The zero-order chi connectivity index (χ0) is 13.5. The molecule has 1 aromatic rings. The van der Waals surface area contributed by atoms with Gasteiger partial charge in [-0.2, -0.15) is 0 Å². The van der Waals surface area contributed by atoms with Gasteiger partial charge in [-0.3, -0.25) is 4.79 Å². The highest BCUT2D eigenvalue weighted by Crippen LogP contribution is 2.43. The molecule has 104 valence electrons. The average molecular weight is 327 g/mol. The largest absolute Gasteiger partial charge is 0.398 e. The number of nitrogen functional groups attached to an aromatic ring is 1. The Bertz CT molecular complexity index is 535. The molecule has 2 fully saturated rings. The number of aromatic nitrogens is 1. The summed E-state index contributed by atoms with van der Waals surface area (Å²) >= 11 is 3.25. The lowest BCUT2D eigenvalue weighted by Gasteiger charge is -2.24. The van der Waals surface area contributed by atoms with Crippen LogP contribution in [0, 0.1) is 0 Å². The Kier molecular flexibility index (Phi) is 3.43. The number of pyridine rings is 1. The van der Waals surface area contributed by atoms with E-state index in [0.29, 0.717) is 16.7 Å². The van der Waals surface area contributed by atoms with Gasteiger partial charge in [-0.1, -0.05) is 12.8 Å². The normalized spacial score (nSPS) is 25.2. The van der Waals surface area contributed by atoms with Crippen molar-refractivity contribution < 1.29 is 4.74 Å². The van der Waals surface area contributed by atoms with Gasteiger partial charge in [0, 0.05) is 11.9 Å². The molecule has 1 spiro atoms. The molecule has 0 aromatic carbocycles. The fourth-order valence-corrected chi connectivity index (χ4v) is 3.88. The Morgan fingerprint density at radius 2 is 2.16 bits per heavy atom. The number of nitrogens with two attached hydrogens (primary N) is 1. The molecule has 19 heavy (non-hydrogen) atoms. The molecule has 5 heteroatoms. The van der Waals surface area contributed by atoms with Crippen LogP contribution >= 0.6 is 15.9 Å². The van der Waals surface area contributed by atoms with Crippen molar-refractivity contribution in [1.82, 2.24) is 4.57 Å². The van der Waals surface area contributed by atoms with Crippen LogP contribution in [0.2, 0.25) is 0 Å². The first kappa shape index (κ1) is 13.2. The van der Waals surface area contributed by atoms with E-state index in [0.717, 1.165) is 12.8 Å². The number of hydrogen-bond donors (Lipinski definition) is 1. The van der Waals surface area contributed by atoms with Crippen LogP contribution in [0.25, 0.3) is 0 Å². The molecule has 0 radical (unpaired) electrons. The standard InChI is InChI=1S/C14H19BrN2O2/c15-12-7-10(16)8-17(13(12)18)9-11-3-6-14(19-11)4-1-2-5-14/h7-8,11H,1-6,9,16H2. The van der Waals surface area contributed by atoms with E-state index in [1.54, 1.807) is 16.8 Å². The van der Waals surface area contributed by atoms with Crippen LogP contribution in [0.1, 0.15) is 38.5 Å². The molecule has 1 aliphatic heterocycles. The van der Waals surface area contributed by atoms with Gasteiger partial charge >= 0.3 is 0 Å². The van der Waals surface area contributed by atoms with Crippen LogP contribution in [0.5, 0.6) is 0 Å². The highest BCUT2D eigenvalue weighted by molar-refractivity contribution is 9.10. The van der Waals surface area contributed by atoms with Gasteiger partial charge < -0.3 is 15.0 Å². The van der Waals surface area contributed by atoms with Gasteiger partial charge in [-0.25, -0.2) is 0 Å². The summed E-state index contributed by atoms with van der Waals surface area (Å²) in [6.07, 6.45) is 8.93. The molecule has 2 aliphatic rings. The van der Waals surface area contributed by atoms with Gasteiger partial charge in [0.15, 0.2) is 0 Å². The van der Waals surface area contributed by atoms with Crippen molar-refractivity contribution in [3.8, 4) is 0 Å². The van der Waals surface area contributed by atoms with Crippen molar-refractivity contribution in [2.45, 2.75) is 56.8 Å². The first-order valence-corrected chi connectivity index (χ1v) is 7.71. The first-order valence-electron chi connectivity index (χ1n) is 6.91. The van der Waals surface area contributed by atoms with Crippen LogP contribution in [0.4, 0.5) is 5.69 Å². The number of rotatable bonds is 2. The fraction of sp³-hybridized carbons (Fsp3) is 0.643. The van der Waals surface area contributed by atoms with Gasteiger partial charge in [0.25, 0.3) is 5.56 Å². The predicted octanol–water partition coefficient (Wildman–Crippen LogP) is 2.68. The second-order valence-corrected chi connectivity index (χ2v) is 6.60. The van der Waals surface area contributed by atoms with E-state index in [9.17, 15) is 4.79 Å². The maximum atomic E-state index is 12.0. The van der Waals surface area contributed by atoms with Crippen molar-refractivity contribution in [1.29, 1.82) is 0 Å². The third kappa shape index (κ3) is 2.58. The molecule has 0 bridgehead atoms. The molecule has 0 amide bonds. The van der Waals surface area contributed by atoms with Crippen LogP contribution < -0.4 is 11.3 Å². The third-order valence-corrected chi connectivity index (χ3v) is 4.89. The van der Waals surface area contributed by atoms with Crippen molar-refractivity contribution >= 4 is 21.6 Å². The third-order valence-electron chi connectivity index (χ3n) is 4.32. The molecule has 1 unspecified atom stereocenters. The Labute approximate surface area is 121 Å². The zero-order valence-corrected chi connectivity index (χ0v) is 12.5. The second kappa shape index (κ2) is 4.94. The van der Waals surface area contributed by atoms with E-state index >= 15 is 0 Å². The Balaban J connectivity index is 1.74. The summed E-state index contributed by atoms with van der Waals surface area (Å²) in [7, 11) is 0. The molecule has 1 aromatic heterocycles. The second-order valence-electron chi connectivity index (χ2n) is 5.75. The molecule has 1 atom stereocenters. The van der Waals surface area contributed by atoms with Gasteiger partial charge in [-0.05, 0) is 47.7 Å². The van der Waals surface area contributed by atoms with Crippen molar-refractivity contribution in [2.75, 3.05) is 5.73 Å². The smallest absolute Gasteiger partial charge is 0.265 e. The quantitative estimate of drug-likeness (QED) is 0.909. The molecule has 2 heterocycles. The molecule has 1 saturated heterocycles. The lowest BCUT2D eigenvalue weighted by atomic mass is 9.98. The zero-order valence-electron chi connectivity index (χ0n) is 10.9. The minimum Gasteiger partial charge on any atom is -0.398 e. The SMILES string of the molecule is Nc1cc(Br)c(=O)n(CC2CCC3(CCCC3)O2)c1. The molecule has 1 saturated carbocycles. The summed E-state index contributed by atoms with van der Waals surface area (Å²) in [6.45, 7) is 0.601. The number of nitrogens with zero attached hydrogens (tertiary/aromatic N) is 1. The first-order chi connectivity index (χ1) is 9.08. The van der Waals surface area contributed by atoms with Crippen molar-refractivity contribution in [3.63, 3.8) is 0 Å². The molecule has 1 aliphatic carbocycles. The number of halogens is 1. The van der Waals surface area contributed by atoms with Gasteiger partial charge in [0.1, 0.15) is 0 Å². The summed E-state index contributed by atoms with van der Waals surface area (Å²) in [5.74, 6) is 0. The van der Waals surface area contributed by atoms with Crippen LogP contribution in [0.3, 0.4) is 0 Å². The lowest BCUT2D eigenvalue weighted by molar-refractivity contribution is -0.0421. The highest BCUT2D eigenvalue weighted by Gasteiger charge is 2.42. The maximum absolute atomic E-state index is 12.0. The number of anilines is 1. The molecular weight excluding hydrogens is 308 g/mol. The van der Waals surface area contributed by atoms with Crippen LogP contribution in [0.15, 0.2) is 21.5 Å². The average Bonchev–Trinajstić information content (AvgIpc) is 2.97. The van der Waals surface area contributed by atoms with E-state index in [4.69, 9.17) is 10.5 Å². The Morgan fingerprint density at radius 1 is 1.42 bits per heavy atom. The summed E-state index contributed by atoms with van der Waals surface area (Å²) < 4.78 is 8.41. The van der Waals surface area contributed by atoms with Gasteiger partial charge in [-0.15, -0.1) is 0 Å². The molecule has 2 N–H and O–H groups in total.